The third-order valence-corrected chi connectivity index (χ3v) is 5.38. The molecule has 0 saturated heterocycles. The van der Waals surface area contributed by atoms with Crippen molar-refractivity contribution in [3.63, 3.8) is 0 Å². The first-order valence-electron chi connectivity index (χ1n) is 9.68. The molecule has 0 amide bonds. The molecule has 150 valence electrons. The van der Waals surface area contributed by atoms with Crippen molar-refractivity contribution in [1.82, 2.24) is 0 Å². The maximum absolute atomic E-state index is 12.8. The number of hydrogen-bond donors (Lipinski definition) is 0. The molecule has 2 aromatic rings. The Hall–Kier alpha value is -2.47. The number of oxime groups is 1. The normalized spacial score (nSPS) is 12.0. The summed E-state index contributed by atoms with van der Waals surface area (Å²) < 4.78 is 29.2. The van der Waals surface area contributed by atoms with Crippen LogP contribution in [-0.4, -0.2) is 25.7 Å². The number of benzene rings is 2. The average molecular weight is 402 g/mol. The Morgan fingerprint density at radius 2 is 1.36 bits per heavy atom. The minimum absolute atomic E-state index is 0.0293. The van der Waals surface area contributed by atoms with Gasteiger partial charge < -0.3 is 0 Å². The SMILES string of the molecule is CCCCCCCCS(=O)(=O)O/N=C(/C(=O)c1ccccc1)c1ccccc1. The van der Waals surface area contributed by atoms with Gasteiger partial charge in [0.05, 0.1) is 5.75 Å². The third kappa shape index (κ3) is 7.27. The highest BCUT2D eigenvalue weighted by Gasteiger charge is 2.19. The van der Waals surface area contributed by atoms with E-state index in [1.165, 1.54) is 0 Å². The van der Waals surface area contributed by atoms with E-state index < -0.39 is 10.1 Å². The standard InChI is InChI=1S/C22H27NO4S/c1-2-3-4-5-6-13-18-28(25,26)27-23-21(19-14-9-7-10-15-19)22(24)20-16-11-8-12-17-20/h7-12,14-17H,2-6,13,18H2,1H3/b23-21+. The lowest BCUT2D eigenvalue weighted by molar-refractivity contribution is 0.106. The highest BCUT2D eigenvalue weighted by atomic mass is 32.2. The van der Waals surface area contributed by atoms with Gasteiger partial charge in [0.15, 0.2) is 5.71 Å². The monoisotopic (exact) mass is 401 g/mol. The smallest absolute Gasteiger partial charge is 0.287 e. The molecule has 6 heteroatoms. The second kappa shape index (κ2) is 11.4. The highest BCUT2D eigenvalue weighted by molar-refractivity contribution is 7.86. The lowest BCUT2D eigenvalue weighted by atomic mass is 10.0. The van der Waals surface area contributed by atoms with E-state index in [2.05, 4.69) is 12.1 Å². The lowest BCUT2D eigenvalue weighted by Crippen LogP contribution is -2.18. The largest absolute Gasteiger partial charge is 0.328 e. The first kappa shape index (κ1) is 21.8. The summed E-state index contributed by atoms with van der Waals surface area (Å²) in [6.07, 6.45) is 5.78. The Balaban J connectivity index is 2.08. The van der Waals surface area contributed by atoms with Gasteiger partial charge >= 0.3 is 10.1 Å². The van der Waals surface area contributed by atoms with Gasteiger partial charge in [-0.15, -0.1) is 0 Å². The molecule has 0 aliphatic carbocycles. The van der Waals surface area contributed by atoms with E-state index in [0.717, 1.165) is 32.1 Å². The molecule has 0 N–H and O–H groups in total. The van der Waals surface area contributed by atoms with Gasteiger partial charge in [-0.25, -0.2) is 0 Å². The van der Waals surface area contributed by atoms with Crippen LogP contribution in [0.3, 0.4) is 0 Å². The summed E-state index contributed by atoms with van der Waals surface area (Å²) >= 11 is 0. The van der Waals surface area contributed by atoms with Gasteiger partial charge in [-0.3, -0.25) is 9.08 Å². The lowest BCUT2D eigenvalue weighted by Gasteiger charge is -2.07. The van der Waals surface area contributed by atoms with Crippen LogP contribution in [0.2, 0.25) is 0 Å². The van der Waals surface area contributed by atoms with Crippen molar-refractivity contribution in [2.75, 3.05) is 5.75 Å². The van der Waals surface area contributed by atoms with E-state index in [4.69, 9.17) is 4.28 Å². The van der Waals surface area contributed by atoms with Gasteiger partial charge in [0.1, 0.15) is 0 Å². The molecule has 2 rings (SSSR count). The Labute approximate surface area is 167 Å². The molecule has 0 aliphatic rings. The van der Waals surface area contributed by atoms with Gasteiger partial charge in [-0.1, -0.05) is 105 Å². The van der Waals surface area contributed by atoms with E-state index in [9.17, 15) is 13.2 Å². The summed E-state index contributed by atoms with van der Waals surface area (Å²) in [6.45, 7) is 2.14. The van der Waals surface area contributed by atoms with Crippen LogP contribution in [0.25, 0.3) is 0 Å². The molecular weight excluding hydrogens is 374 g/mol. The van der Waals surface area contributed by atoms with E-state index in [0.29, 0.717) is 17.5 Å². The second-order valence-corrected chi connectivity index (χ2v) is 8.28. The topological polar surface area (TPSA) is 72.8 Å². The van der Waals surface area contributed by atoms with Crippen LogP contribution >= 0.6 is 0 Å². The molecule has 0 unspecified atom stereocenters. The predicted molar refractivity (Wildman–Crippen MR) is 112 cm³/mol. The van der Waals surface area contributed by atoms with Crippen LogP contribution in [0.15, 0.2) is 65.8 Å². The summed E-state index contributed by atoms with van der Waals surface area (Å²) in [5.74, 6) is -0.494. The van der Waals surface area contributed by atoms with Crippen molar-refractivity contribution in [3.8, 4) is 0 Å². The van der Waals surface area contributed by atoms with Crippen molar-refractivity contribution < 1.29 is 17.5 Å². The van der Waals surface area contributed by atoms with E-state index in [1.807, 2.05) is 6.07 Å². The number of Topliss-reactive ketones (excluding diaryl/α,β-unsaturated/α-hetero) is 1. The number of carbonyl (C=O) groups is 1. The van der Waals surface area contributed by atoms with E-state index in [1.54, 1.807) is 54.6 Å². The number of ketones is 1. The minimum Gasteiger partial charge on any atom is -0.287 e. The Kier molecular flexibility index (Phi) is 8.88. The molecule has 0 spiro atoms. The maximum Gasteiger partial charge on any atom is 0.328 e. The zero-order valence-corrected chi connectivity index (χ0v) is 17.0. The fourth-order valence-electron chi connectivity index (χ4n) is 2.74. The molecule has 0 aliphatic heterocycles. The summed E-state index contributed by atoms with van der Waals surface area (Å²) in [5, 5.41) is 3.75. The van der Waals surface area contributed by atoms with Crippen molar-refractivity contribution in [3.05, 3.63) is 71.8 Å². The van der Waals surface area contributed by atoms with Crippen LogP contribution in [0.4, 0.5) is 0 Å². The molecule has 28 heavy (non-hydrogen) atoms. The number of rotatable bonds is 12. The zero-order valence-electron chi connectivity index (χ0n) is 16.2. The Bertz CT molecular complexity index is 862. The average Bonchev–Trinajstić information content (AvgIpc) is 2.72. The quantitative estimate of drug-likeness (QED) is 0.218. The second-order valence-electron chi connectivity index (χ2n) is 6.61. The van der Waals surface area contributed by atoms with E-state index >= 15 is 0 Å². The summed E-state index contributed by atoms with van der Waals surface area (Å²) in [4.78, 5) is 12.8. The van der Waals surface area contributed by atoms with Crippen molar-refractivity contribution >= 4 is 21.6 Å². The molecule has 0 fully saturated rings. The minimum atomic E-state index is -3.83. The summed E-state index contributed by atoms with van der Waals surface area (Å²) in [5.41, 5.74) is 0.895. The van der Waals surface area contributed by atoms with E-state index in [-0.39, 0.29) is 17.2 Å². The summed E-state index contributed by atoms with van der Waals surface area (Å²) in [6, 6.07) is 17.3. The number of unbranched alkanes of at least 4 members (excludes halogenated alkanes) is 5. The molecule has 0 heterocycles. The van der Waals surface area contributed by atoms with Crippen LogP contribution in [0, 0.1) is 0 Å². The predicted octanol–water partition coefficient (Wildman–Crippen LogP) is 4.98. The number of carbonyl (C=O) groups excluding carboxylic acids is 1. The van der Waals surface area contributed by atoms with Gasteiger partial charge in [-0.05, 0) is 6.42 Å². The molecule has 5 nitrogen and oxygen atoms in total. The Morgan fingerprint density at radius 1 is 0.821 bits per heavy atom. The molecule has 0 aromatic heterocycles. The van der Waals surface area contributed by atoms with Gasteiger partial charge in [0, 0.05) is 11.1 Å². The Morgan fingerprint density at radius 3 is 1.96 bits per heavy atom. The molecule has 0 bridgehead atoms. The first-order chi connectivity index (χ1) is 13.5. The number of hydrogen-bond acceptors (Lipinski definition) is 5. The maximum atomic E-state index is 12.8. The molecule has 2 aromatic carbocycles. The molecule has 0 saturated carbocycles. The molecular formula is C22H27NO4S. The van der Waals surface area contributed by atoms with Crippen LogP contribution in [0.5, 0.6) is 0 Å². The highest BCUT2D eigenvalue weighted by Crippen LogP contribution is 2.12. The van der Waals surface area contributed by atoms with Crippen molar-refractivity contribution in [1.29, 1.82) is 0 Å². The number of nitrogens with zero attached hydrogens (tertiary/aromatic N) is 1. The van der Waals surface area contributed by atoms with Gasteiger partial charge in [0.25, 0.3) is 0 Å². The van der Waals surface area contributed by atoms with Crippen LogP contribution in [-0.2, 0) is 14.4 Å². The van der Waals surface area contributed by atoms with Crippen molar-refractivity contribution in [2.24, 2.45) is 5.16 Å². The van der Waals surface area contributed by atoms with Gasteiger partial charge in [-0.2, -0.15) is 8.42 Å². The van der Waals surface area contributed by atoms with Crippen LogP contribution in [0.1, 0.15) is 61.4 Å². The fraction of sp³-hybridized carbons (Fsp3) is 0.364. The fourth-order valence-corrected chi connectivity index (χ4v) is 3.56. The zero-order chi connectivity index (χ0) is 20.2. The van der Waals surface area contributed by atoms with Crippen molar-refractivity contribution in [2.45, 2.75) is 45.4 Å². The summed E-state index contributed by atoms with van der Waals surface area (Å²) in [7, 11) is -3.83. The van der Waals surface area contributed by atoms with Gasteiger partial charge in [0.2, 0.25) is 5.78 Å². The molecule has 0 atom stereocenters. The third-order valence-electron chi connectivity index (χ3n) is 4.29. The first-order valence-corrected chi connectivity index (χ1v) is 11.3. The molecule has 0 radical (unpaired) electrons. The van der Waals surface area contributed by atoms with Crippen LogP contribution < -0.4 is 0 Å².